The number of benzene rings is 1. The van der Waals surface area contributed by atoms with E-state index in [-0.39, 0.29) is 12.3 Å². The van der Waals surface area contributed by atoms with Crippen LogP contribution in [0.3, 0.4) is 0 Å². The molecule has 2 N–H and O–H groups in total. The highest BCUT2D eigenvalue weighted by molar-refractivity contribution is 5.80. The molecule has 6 heteroatoms. The van der Waals surface area contributed by atoms with E-state index >= 15 is 0 Å². The molecule has 0 saturated carbocycles. The van der Waals surface area contributed by atoms with E-state index < -0.39 is 5.76 Å². The van der Waals surface area contributed by atoms with Crippen LogP contribution in [0.25, 0.3) is 11.1 Å². The summed E-state index contributed by atoms with van der Waals surface area (Å²) >= 11 is 0. The number of fused-ring (bicyclic) bond motifs is 1. The Bertz CT molecular complexity index is 614. The molecule has 0 aliphatic rings. The third kappa shape index (κ3) is 3.69. The Balaban J connectivity index is 1.93. The smallest absolute Gasteiger partial charge is 0.408 e. The van der Waals surface area contributed by atoms with Gasteiger partial charge in [0.05, 0.1) is 11.9 Å². The van der Waals surface area contributed by atoms with Gasteiger partial charge in [0.25, 0.3) is 0 Å². The number of aromatic amines is 1. The van der Waals surface area contributed by atoms with Crippen molar-refractivity contribution in [2.75, 3.05) is 20.3 Å². The molecule has 19 heavy (non-hydrogen) atoms. The zero-order valence-electron chi connectivity index (χ0n) is 10.7. The van der Waals surface area contributed by atoms with Crippen LogP contribution in [0, 0.1) is 0 Å². The van der Waals surface area contributed by atoms with Crippen LogP contribution < -0.4 is 11.1 Å². The van der Waals surface area contributed by atoms with Crippen molar-refractivity contribution in [2.24, 2.45) is 0 Å². The maximum Gasteiger partial charge on any atom is 0.417 e. The molecule has 0 atom stereocenters. The van der Waals surface area contributed by atoms with Crippen LogP contribution in [-0.4, -0.2) is 31.2 Å². The van der Waals surface area contributed by atoms with E-state index in [2.05, 4.69) is 10.3 Å². The number of hydrogen-bond acceptors (Lipinski definition) is 4. The number of carbonyl (C=O) groups excluding carboxylic acids is 1. The van der Waals surface area contributed by atoms with E-state index in [9.17, 15) is 9.59 Å². The first-order valence-corrected chi connectivity index (χ1v) is 6.06. The minimum Gasteiger partial charge on any atom is -0.408 e. The van der Waals surface area contributed by atoms with Crippen LogP contribution in [0.4, 0.5) is 0 Å². The number of amides is 1. The first-order chi connectivity index (χ1) is 9.19. The van der Waals surface area contributed by atoms with Crippen molar-refractivity contribution in [1.82, 2.24) is 10.3 Å². The molecule has 2 aromatic rings. The van der Waals surface area contributed by atoms with E-state index in [1.165, 1.54) is 0 Å². The van der Waals surface area contributed by atoms with Gasteiger partial charge in [0.1, 0.15) is 0 Å². The SMILES string of the molecule is COCCCNC(=O)Cc1ccc2oc(=O)[nH]c2c1. The summed E-state index contributed by atoms with van der Waals surface area (Å²) in [5.41, 5.74) is 1.93. The number of oxazole rings is 1. The van der Waals surface area contributed by atoms with Crippen molar-refractivity contribution in [1.29, 1.82) is 0 Å². The highest BCUT2D eigenvalue weighted by atomic mass is 16.5. The second-order valence-corrected chi connectivity index (χ2v) is 4.22. The lowest BCUT2D eigenvalue weighted by atomic mass is 10.1. The predicted octanol–water partition coefficient (Wildman–Crippen LogP) is 0.816. The molecule has 0 fully saturated rings. The van der Waals surface area contributed by atoms with Crippen molar-refractivity contribution < 1.29 is 13.9 Å². The highest BCUT2D eigenvalue weighted by Crippen LogP contribution is 2.12. The number of methoxy groups -OCH3 is 1. The quantitative estimate of drug-likeness (QED) is 0.756. The number of ether oxygens (including phenoxy) is 1. The molecule has 0 radical (unpaired) electrons. The Morgan fingerprint density at radius 2 is 2.32 bits per heavy atom. The van der Waals surface area contributed by atoms with E-state index in [0.717, 1.165) is 12.0 Å². The Morgan fingerprint density at radius 3 is 3.11 bits per heavy atom. The van der Waals surface area contributed by atoms with E-state index in [1.54, 1.807) is 25.3 Å². The molecule has 0 spiro atoms. The maximum absolute atomic E-state index is 11.7. The molecule has 102 valence electrons. The van der Waals surface area contributed by atoms with Gasteiger partial charge in [0.15, 0.2) is 5.58 Å². The molecule has 1 aromatic carbocycles. The fraction of sp³-hybridized carbons (Fsp3) is 0.385. The number of carbonyl (C=O) groups is 1. The van der Waals surface area contributed by atoms with E-state index in [0.29, 0.717) is 24.3 Å². The van der Waals surface area contributed by atoms with Gasteiger partial charge in [-0.15, -0.1) is 0 Å². The lowest BCUT2D eigenvalue weighted by molar-refractivity contribution is -0.120. The van der Waals surface area contributed by atoms with Gasteiger partial charge < -0.3 is 14.5 Å². The molecule has 2 rings (SSSR count). The minimum atomic E-state index is -0.490. The third-order valence-corrected chi connectivity index (χ3v) is 2.70. The largest absolute Gasteiger partial charge is 0.417 e. The Kier molecular flexibility index (Phi) is 4.35. The molecule has 0 bridgehead atoms. The molecule has 1 amide bonds. The van der Waals surface area contributed by atoms with Crippen LogP contribution in [0.2, 0.25) is 0 Å². The number of nitrogens with one attached hydrogen (secondary N) is 2. The van der Waals surface area contributed by atoms with Crippen LogP contribution in [0.15, 0.2) is 27.4 Å². The molecule has 0 unspecified atom stereocenters. The number of aromatic nitrogens is 1. The topological polar surface area (TPSA) is 84.3 Å². The summed E-state index contributed by atoms with van der Waals surface area (Å²) in [4.78, 5) is 25.2. The van der Waals surface area contributed by atoms with Gasteiger partial charge in [-0.2, -0.15) is 0 Å². The summed E-state index contributed by atoms with van der Waals surface area (Å²) in [6.07, 6.45) is 1.06. The van der Waals surface area contributed by atoms with Gasteiger partial charge in [-0.05, 0) is 24.1 Å². The van der Waals surface area contributed by atoms with Gasteiger partial charge in [0.2, 0.25) is 5.91 Å². The summed E-state index contributed by atoms with van der Waals surface area (Å²) in [6.45, 7) is 1.22. The molecule has 6 nitrogen and oxygen atoms in total. The number of H-pyrrole nitrogens is 1. The van der Waals surface area contributed by atoms with Gasteiger partial charge in [-0.3, -0.25) is 9.78 Å². The van der Waals surface area contributed by atoms with Crippen molar-refractivity contribution in [3.8, 4) is 0 Å². The van der Waals surface area contributed by atoms with Crippen LogP contribution >= 0.6 is 0 Å². The van der Waals surface area contributed by atoms with E-state index in [1.807, 2.05) is 0 Å². The predicted molar refractivity (Wildman–Crippen MR) is 70.0 cm³/mol. The Hall–Kier alpha value is -2.08. The first kappa shape index (κ1) is 13.4. The van der Waals surface area contributed by atoms with Crippen molar-refractivity contribution >= 4 is 17.0 Å². The summed E-state index contributed by atoms with van der Waals surface area (Å²) in [5, 5.41) is 2.80. The zero-order valence-corrected chi connectivity index (χ0v) is 10.7. The van der Waals surface area contributed by atoms with Crippen LogP contribution in [0.1, 0.15) is 12.0 Å². The summed E-state index contributed by atoms with van der Waals surface area (Å²) in [5.74, 6) is -0.544. The summed E-state index contributed by atoms with van der Waals surface area (Å²) in [7, 11) is 1.63. The third-order valence-electron chi connectivity index (χ3n) is 2.70. The highest BCUT2D eigenvalue weighted by Gasteiger charge is 2.06. The number of hydrogen-bond donors (Lipinski definition) is 2. The monoisotopic (exact) mass is 264 g/mol. The second-order valence-electron chi connectivity index (χ2n) is 4.22. The average molecular weight is 264 g/mol. The van der Waals surface area contributed by atoms with Crippen molar-refractivity contribution in [3.63, 3.8) is 0 Å². The summed E-state index contributed by atoms with van der Waals surface area (Å²) < 4.78 is 9.79. The zero-order chi connectivity index (χ0) is 13.7. The molecular weight excluding hydrogens is 248 g/mol. The van der Waals surface area contributed by atoms with Crippen molar-refractivity contribution in [2.45, 2.75) is 12.8 Å². The van der Waals surface area contributed by atoms with Crippen LogP contribution in [0.5, 0.6) is 0 Å². The fourth-order valence-corrected chi connectivity index (χ4v) is 1.80. The molecule has 0 aliphatic heterocycles. The van der Waals surface area contributed by atoms with Crippen LogP contribution in [-0.2, 0) is 16.0 Å². The Labute approximate surface area is 109 Å². The van der Waals surface area contributed by atoms with Gasteiger partial charge in [-0.25, -0.2) is 4.79 Å². The first-order valence-electron chi connectivity index (χ1n) is 6.06. The van der Waals surface area contributed by atoms with Gasteiger partial charge >= 0.3 is 5.76 Å². The summed E-state index contributed by atoms with van der Waals surface area (Å²) in [6, 6.07) is 5.20. The average Bonchev–Trinajstić information content (AvgIpc) is 2.74. The Morgan fingerprint density at radius 1 is 1.47 bits per heavy atom. The fourth-order valence-electron chi connectivity index (χ4n) is 1.80. The molecular formula is C13H16N2O4. The molecule has 0 saturated heterocycles. The normalized spacial score (nSPS) is 10.8. The maximum atomic E-state index is 11.7. The van der Waals surface area contributed by atoms with Crippen molar-refractivity contribution in [3.05, 3.63) is 34.3 Å². The second kappa shape index (κ2) is 6.19. The molecule has 0 aliphatic carbocycles. The van der Waals surface area contributed by atoms with Gasteiger partial charge in [-0.1, -0.05) is 6.07 Å². The molecule has 1 aromatic heterocycles. The minimum absolute atomic E-state index is 0.0544. The lowest BCUT2D eigenvalue weighted by Crippen LogP contribution is -2.26. The van der Waals surface area contributed by atoms with E-state index in [4.69, 9.17) is 9.15 Å². The number of rotatable bonds is 6. The van der Waals surface area contributed by atoms with Gasteiger partial charge in [0, 0.05) is 20.3 Å². The lowest BCUT2D eigenvalue weighted by Gasteiger charge is -2.04. The molecule has 1 heterocycles. The standard InChI is InChI=1S/C13H16N2O4/c1-18-6-2-5-14-12(16)8-9-3-4-11-10(7-9)15-13(17)19-11/h3-4,7H,2,5-6,8H2,1H3,(H,14,16)(H,15,17).